The van der Waals surface area contributed by atoms with E-state index >= 15 is 0 Å². The molecule has 5 heteroatoms. The zero-order valence-electron chi connectivity index (χ0n) is 7.92. The molecule has 2 aromatic rings. The van der Waals surface area contributed by atoms with Crippen molar-refractivity contribution in [2.24, 2.45) is 0 Å². The molecule has 0 saturated heterocycles. The normalized spacial score (nSPS) is 10.7. The highest BCUT2D eigenvalue weighted by atomic mass is 35.5. The Morgan fingerprint density at radius 3 is 2.75 bits per heavy atom. The maximum Gasteiger partial charge on any atom is 0.266 e. The second kappa shape index (κ2) is 4.03. The first-order chi connectivity index (χ1) is 7.63. The second-order valence-electron chi connectivity index (χ2n) is 3.15. The third-order valence-corrected chi connectivity index (χ3v) is 2.51. The largest absolute Gasteiger partial charge is 0.266 e. The molecule has 1 aromatic carbocycles. The lowest BCUT2D eigenvalue weighted by Gasteiger charge is -2.05. The van der Waals surface area contributed by atoms with Crippen LogP contribution in [-0.4, -0.2) is 4.98 Å². The molecule has 0 atom stereocenters. The Bertz CT molecular complexity index is 590. The van der Waals surface area contributed by atoms with Gasteiger partial charge in [0.1, 0.15) is 11.8 Å². The van der Waals surface area contributed by atoms with Crippen molar-refractivity contribution in [3.8, 4) is 6.07 Å². The molecule has 1 heterocycles. The standard InChI is InChI=1S/C11H5ClF2N2/c12-8-2-1-3-9-6(8)4-7(11(13)14)10(5-15)16-9/h1-4,11H. The molecule has 0 aliphatic heterocycles. The molecular formula is C11H5ClF2N2. The minimum absolute atomic E-state index is 0.259. The first kappa shape index (κ1) is 10.8. The van der Waals surface area contributed by atoms with Crippen LogP contribution in [0.1, 0.15) is 17.7 Å². The molecule has 0 fully saturated rings. The minimum atomic E-state index is -2.73. The van der Waals surface area contributed by atoms with Crippen LogP contribution in [-0.2, 0) is 0 Å². The minimum Gasteiger partial charge on any atom is -0.237 e. The molecule has 0 aliphatic rings. The lowest BCUT2D eigenvalue weighted by molar-refractivity contribution is 0.151. The number of pyridine rings is 1. The molecule has 0 saturated carbocycles. The molecule has 0 amide bonds. The maximum absolute atomic E-state index is 12.6. The smallest absolute Gasteiger partial charge is 0.237 e. The van der Waals surface area contributed by atoms with Gasteiger partial charge in [-0.25, -0.2) is 13.8 Å². The first-order valence-corrected chi connectivity index (χ1v) is 4.78. The predicted octanol–water partition coefficient (Wildman–Crippen LogP) is 3.70. The fraction of sp³-hybridized carbons (Fsp3) is 0.0909. The van der Waals surface area contributed by atoms with Gasteiger partial charge in [0.25, 0.3) is 6.43 Å². The molecular weight excluding hydrogens is 234 g/mol. The summed E-state index contributed by atoms with van der Waals surface area (Å²) in [5.74, 6) is 0. The van der Waals surface area contributed by atoms with E-state index in [1.54, 1.807) is 24.3 Å². The Hall–Kier alpha value is -1.73. The Morgan fingerprint density at radius 2 is 2.12 bits per heavy atom. The van der Waals surface area contributed by atoms with Crippen LogP contribution in [0.4, 0.5) is 8.78 Å². The monoisotopic (exact) mass is 238 g/mol. The number of fused-ring (bicyclic) bond motifs is 1. The van der Waals surface area contributed by atoms with Crippen molar-refractivity contribution in [2.45, 2.75) is 6.43 Å². The molecule has 0 aliphatic carbocycles. The summed E-state index contributed by atoms with van der Waals surface area (Å²) in [4.78, 5) is 3.85. The molecule has 16 heavy (non-hydrogen) atoms. The van der Waals surface area contributed by atoms with Gasteiger partial charge >= 0.3 is 0 Å². The van der Waals surface area contributed by atoms with E-state index in [9.17, 15) is 8.78 Å². The number of halogens is 3. The fourth-order valence-corrected chi connectivity index (χ4v) is 1.65. The second-order valence-corrected chi connectivity index (χ2v) is 3.55. The summed E-state index contributed by atoms with van der Waals surface area (Å²) in [6.07, 6.45) is -2.73. The highest BCUT2D eigenvalue weighted by Crippen LogP contribution is 2.29. The summed E-state index contributed by atoms with van der Waals surface area (Å²) < 4.78 is 25.3. The van der Waals surface area contributed by atoms with Crippen LogP contribution in [0.15, 0.2) is 24.3 Å². The van der Waals surface area contributed by atoms with Gasteiger partial charge in [-0.1, -0.05) is 17.7 Å². The Balaban J connectivity index is 2.82. The lowest BCUT2D eigenvalue weighted by atomic mass is 10.1. The Morgan fingerprint density at radius 1 is 1.38 bits per heavy atom. The molecule has 80 valence electrons. The van der Waals surface area contributed by atoms with E-state index in [2.05, 4.69) is 4.98 Å². The van der Waals surface area contributed by atoms with Gasteiger partial charge in [0.15, 0.2) is 0 Å². The van der Waals surface area contributed by atoms with Crippen molar-refractivity contribution in [2.75, 3.05) is 0 Å². The van der Waals surface area contributed by atoms with Crippen molar-refractivity contribution < 1.29 is 8.78 Å². The van der Waals surface area contributed by atoms with E-state index in [4.69, 9.17) is 16.9 Å². The SMILES string of the molecule is N#Cc1nc2cccc(Cl)c2cc1C(F)F. The van der Waals surface area contributed by atoms with Gasteiger partial charge in [0.05, 0.1) is 11.1 Å². The van der Waals surface area contributed by atoms with Crippen LogP contribution in [0.3, 0.4) is 0 Å². The van der Waals surface area contributed by atoms with E-state index in [0.717, 1.165) is 0 Å². The third kappa shape index (κ3) is 1.70. The number of rotatable bonds is 1. The molecule has 0 N–H and O–H groups in total. The molecule has 2 nitrogen and oxygen atoms in total. The maximum atomic E-state index is 12.6. The fourth-order valence-electron chi connectivity index (χ4n) is 1.43. The van der Waals surface area contributed by atoms with E-state index in [0.29, 0.717) is 15.9 Å². The highest BCUT2D eigenvalue weighted by Gasteiger charge is 2.16. The van der Waals surface area contributed by atoms with Gasteiger partial charge < -0.3 is 0 Å². The Kier molecular flexibility index (Phi) is 2.71. The van der Waals surface area contributed by atoms with Crippen LogP contribution in [0, 0.1) is 11.3 Å². The van der Waals surface area contributed by atoms with Gasteiger partial charge in [-0.15, -0.1) is 0 Å². The van der Waals surface area contributed by atoms with Gasteiger partial charge in [-0.2, -0.15) is 5.26 Å². The predicted molar refractivity (Wildman–Crippen MR) is 56.4 cm³/mol. The average Bonchev–Trinajstić information content (AvgIpc) is 2.27. The van der Waals surface area contributed by atoms with Gasteiger partial charge in [0, 0.05) is 10.4 Å². The third-order valence-electron chi connectivity index (χ3n) is 2.18. The van der Waals surface area contributed by atoms with E-state index in [1.165, 1.54) is 6.07 Å². The summed E-state index contributed by atoms with van der Waals surface area (Å²) in [5, 5.41) is 9.49. The molecule has 0 radical (unpaired) electrons. The first-order valence-electron chi connectivity index (χ1n) is 4.41. The van der Waals surface area contributed by atoms with Crippen LogP contribution in [0.25, 0.3) is 10.9 Å². The molecule has 1 aromatic heterocycles. The molecule has 0 spiro atoms. The number of hydrogen-bond donors (Lipinski definition) is 0. The van der Waals surface area contributed by atoms with Crippen LogP contribution < -0.4 is 0 Å². The van der Waals surface area contributed by atoms with Gasteiger partial charge in [0.2, 0.25) is 0 Å². The van der Waals surface area contributed by atoms with E-state index in [-0.39, 0.29) is 11.3 Å². The van der Waals surface area contributed by atoms with E-state index < -0.39 is 6.43 Å². The zero-order chi connectivity index (χ0) is 11.7. The topological polar surface area (TPSA) is 36.7 Å². The number of benzene rings is 1. The summed E-state index contributed by atoms with van der Waals surface area (Å²) in [7, 11) is 0. The van der Waals surface area contributed by atoms with Gasteiger partial charge in [-0.05, 0) is 18.2 Å². The van der Waals surface area contributed by atoms with Crippen molar-refractivity contribution in [1.29, 1.82) is 5.26 Å². The summed E-state index contributed by atoms with van der Waals surface area (Å²) in [5.41, 5.74) is -0.207. The van der Waals surface area contributed by atoms with Crippen molar-refractivity contribution >= 4 is 22.5 Å². The number of aromatic nitrogens is 1. The number of nitrogens with zero attached hydrogens (tertiary/aromatic N) is 2. The quantitative estimate of drug-likeness (QED) is 0.760. The van der Waals surface area contributed by atoms with E-state index in [1.807, 2.05) is 0 Å². The van der Waals surface area contributed by atoms with Gasteiger partial charge in [-0.3, -0.25) is 0 Å². The number of alkyl halides is 2. The zero-order valence-corrected chi connectivity index (χ0v) is 8.67. The summed E-state index contributed by atoms with van der Waals surface area (Å²) >= 11 is 5.86. The highest BCUT2D eigenvalue weighted by molar-refractivity contribution is 6.35. The van der Waals surface area contributed by atoms with Crippen LogP contribution in [0.5, 0.6) is 0 Å². The number of nitriles is 1. The summed E-state index contributed by atoms with van der Waals surface area (Å²) in [6.45, 7) is 0. The summed E-state index contributed by atoms with van der Waals surface area (Å²) in [6, 6.07) is 7.74. The molecule has 0 bridgehead atoms. The molecule has 0 unspecified atom stereocenters. The van der Waals surface area contributed by atoms with Crippen molar-refractivity contribution in [3.63, 3.8) is 0 Å². The van der Waals surface area contributed by atoms with Crippen molar-refractivity contribution in [3.05, 3.63) is 40.5 Å². The van der Waals surface area contributed by atoms with Crippen LogP contribution in [0.2, 0.25) is 5.02 Å². The number of hydrogen-bond acceptors (Lipinski definition) is 2. The van der Waals surface area contributed by atoms with Crippen molar-refractivity contribution in [1.82, 2.24) is 4.98 Å². The molecule has 2 rings (SSSR count). The lowest BCUT2D eigenvalue weighted by Crippen LogP contribution is -1.95. The van der Waals surface area contributed by atoms with Crippen LogP contribution >= 0.6 is 11.6 Å². The Labute approximate surface area is 95.1 Å². The average molecular weight is 239 g/mol.